The number of halogens is 1. The summed E-state index contributed by atoms with van der Waals surface area (Å²) in [5, 5.41) is 12.5. The molecule has 1 fully saturated rings. The monoisotopic (exact) mass is 340 g/mol. The Morgan fingerprint density at radius 3 is 2.55 bits per heavy atom. The first-order valence-electron chi connectivity index (χ1n) is 6.52. The van der Waals surface area contributed by atoms with E-state index in [2.05, 4.69) is 21.2 Å². The van der Waals surface area contributed by atoms with Crippen molar-refractivity contribution in [1.82, 2.24) is 10.2 Å². The smallest absolute Gasteiger partial charge is 0.257 e. The SMILES string of the molecule is CNC(=O)C1CCN(C(=O)c2ccc(Br)cc2O)CC1. The second kappa shape index (κ2) is 6.26. The van der Waals surface area contributed by atoms with Crippen LogP contribution in [0, 0.1) is 5.92 Å². The molecule has 1 saturated heterocycles. The van der Waals surface area contributed by atoms with Crippen LogP contribution >= 0.6 is 15.9 Å². The molecule has 2 rings (SSSR count). The number of hydrogen-bond donors (Lipinski definition) is 2. The van der Waals surface area contributed by atoms with Crippen LogP contribution in [0.15, 0.2) is 22.7 Å². The van der Waals surface area contributed by atoms with Gasteiger partial charge in [-0.05, 0) is 31.0 Å². The van der Waals surface area contributed by atoms with Crippen molar-refractivity contribution < 1.29 is 14.7 Å². The van der Waals surface area contributed by atoms with Gasteiger partial charge in [-0.1, -0.05) is 15.9 Å². The molecule has 2 amide bonds. The minimum Gasteiger partial charge on any atom is -0.507 e. The molecule has 0 saturated carbocycles. The van der Waals surface area contributed by atoms with Crippen molar-refractivity contribution in [3.05, 3.63) is 28.2 Å². The average Bonchev–Trinajstić information content (AvgIpc) is 2.46. The highest BCUT2D eigenvalue weighted by molar-refractivity contribution is 9.10. The van der Waals surface area contributed by atoms with Crippen molar-refractivity contribution in [2.24, 2.45) is 5.92 Å². The lowest BCUT2D eigenvalue weighted by atomic mass is 9.95. The summed E-state index contributed by atoms with van der Waals surface area (Å²) in [6.07, 6.45) is 1.31. The summed E-state index contributed by atoms with van der Waals surface area (Å²) in [5.74, 6) is -0.214. The lowest BCUT2D eigenvalue weighted by Gasteiger charge is -2.31. The lowest BCUT2D eigenvalue weighted by molar-refractivity contribution is -0.125. The van der Waals surface area contributed by atoms with E-state index in [0.29, 0.717) is 31.5 Å². The minimum atomic E-state index is -0.189. The van der Waals surface area contributed by atoms with Gasteiger partial charge in [0.25, 0.3) is 5.91 Å². The fourth-order valence-electron chi connectivity index (χ4n) is 2.40. The Labute approximate surface area is 126 Å². The van der Waals surface area contributed by atoms with Gasteiger partial charge in [0.15, 0.2) is 0 Å². The van der Waals surface area contributed by atoms with Gasteiger partial charge in [0.05, 0.1) is 5.56 Å². The van der Waals surface area contributed by atoms with Gasteiger partial charge in [0.2, 0.25) is 5.91 Å². The molecule has 1 aliphatic rings. The molecule has 1 heterocycles. The summed E-state index contributed by atoms with van der Waals surface area (Å²) in [4.78, 5) is 25.6. The topological polar surface area (TPSA) is 69.6 Å². The molecule has 0 atom stereocenters. The number of benzene rings is 1. The molecule has 108 valence electrons. The largest absolute Gasteiger partial charge is 0.507 e. The summed E-state index contributed by atoms with van der Waals surface area (Å²) < 4.78 is 0.727. The molecule has 0 aromatic heterocycles. The fourth-order valence-corrected chi connectivity index (χ4v) is 2.75. The second-order valence-corrected chi connectivity index (χ2v) is 5.76. The van der Waals surface area contributed by atoms with Gasteiger partial charge in [0.1, 0.15) is 5.75 Å². The molecule has 1 aromatic carbocycles. The number of carbonyl (C=O) groups is 2. The fraction of sp³-hybridized carbons (Fsp3) is 0.429. The van der Waals surface area contributed by atoms with E-state index in [4.69, 9.17) is 0 Å². The number of phenols is 1. The number of likely N-dealkylation sites (tertiary alicyclic amines) is 1. The maximum atomic E-state index is 12.3. The molecule has 1 aromatic rings. The maximum absolute atomic E-state index is 12.3. The summed E-state index contributed by atoms with van der Waals surface area (Å²) in [5.41, 5.74) is 0.298. The van der Waals surface area contributed by atoms with Crippen LogP contribution in [-0.4, -0.2) is 42.0 Å². The zero-order valence-corrected chi connectivity index (χ0v) is 12.8. The van der Waals surface area contributed by atoms with Gasteiger partial charge in [-0.3, -0.25) is 9.59 Å². The Morgan fingerprint density at radius 1 is 1.35 bits per heavy atom. The van der Waals surface area contributed by atoms with Crippen LogP contribution < -0.4 is 5.32 Å². The van der Waals surface area contributed by atoms with Crippen molar-refractivity contribution in [2.45, 2.75) is 12.8 Å². The summed E-state index contributed by atoms with van der Waals surface area (Å²) in [7, 11) is 1.62. The number of piperidine rings is 1. The molecule has 0 aliphatic carbocycles. The van der Waals surface area contributed by atoms with Crippen LogP contribution in [0.5, 0.6) is 5.75 Å². The second-order valence-electron chi connectivity index (χ2n) is 4.84. The third-order valence-corrected chi connectivity index (χ3v) is 4.08. The zero-order chi connectivity index (χ0) is 14.7. The van der Waals surface area contributed by atoms with Crippen molar-refractivity contribution in [1.29, 1.82) is 0 Å². The molecular weight excluding hydrogens is 324 g/mol. The van der Waals surface area contributed by atoms with E-state index in [0.717, 1.165) is 4.47 Å². The molecule has 20 heavy (non-hydrogen) atoms. The Hall–Kier alpha value is -1.56. The number of carbonyl (C=O) groups excluding carboxylic acids is 2. The number of rotatable bonds is 2. The Bertz CT molecular complexity index is 525. The first-order chi connectivity index (χ1) is 9.52. The number of nitrogens with one attached hydrogen (secondary N) is 1. The van der Waals surface area contributed by atoms with Crippen molar-refractivity contribution in [3.8, 4) is 5.75 Å². The number of aromatic hydroxyl groups is 1. The molecule has 6 heteroatoms. The summed E-state index contributed by atoms with van der Waals surface area (Å²) in [6.45, 7) is 1.07. The molecule has 5 nitrogen and oxygen atoms in total. The Kier molecular flexibility index (Phi) is 4.65. The Balaban J connectivity index is 2.03. The average molecular weight is 341 g/mol. The molecule has 1 aliphatic heterocycles. The van der Waals surface area contributed by atoms with Gasteiger partial charge < -0.3 is 15.3 Å². The van der Waals surface area contributed by atoms with E-state index >= 15 is 0 Å². The van der Waals surface area contributed by atoms with Gasteiger partial charge in [-0.15, -0.1) is 0 Å². The number of nitrogens with zero attached hydrogens (tertiary/aromatic N) is 1. The van der Waals surface area contributed by atoms with E-state index in [1.165, 1.54) is 6.07 Å². The van der Waals surface area contributed by atoms with Gasteiger partial charge in [-0.2, -0.15) is 0 Å². The van der Waals surface area contributed by atoms with Crippen LogP contribution in [-0.2, 0) is 4.79 Å². The first kappa shape index (κ1) is 14.8. The quantitative estimate of drug-likeness (QED) is 0.861. The van der Waals surface area contributed by atoms with Crippen LogP contribution in [0.3, 0.4) is 0 Å². The van der Waals surface area contributed by atoms with Crippen LogP contribution in [0.1, 0.15) is 23.2 Å². The predicted molar refractivity (Wildman–Crippen MR) is 78.5 cm³/mol. The minimum absolute atomic E-state index is 0.0254. The van der Waals surface area contributed by atoms with Crippen molar-refractivity contribution >= 4 is 27.7 Å². The molecule has 2 N–H and O–H groups in total. The molecule has 0 unspecified atom stereocenters. The highest BCUT2D eigenvalue weighted by Crippen LogP contribution is 2.25. The van der Waals surface area contributed by atoms with Gasteiger partial charge in [-0.25, -0.2) is 0 Å². The van der Waals surface area contributed by atoms with Gasteiger partial charge >= 0.3 is 0 Å². The van der Waals surface area contributed by atoms with Crippen LogP contribution in [0.4, 0.5) is 0 Å². The maximum Gasteiger partial charge on any atom is 0.257 e. The van der Waals surface area contributed by atoms with E-state index < -0.39 is 0 Å². The van der Waals surface area contributed by atoms with E-state index in [1.54, 1.807) is 24.1 Å². The normalized spacial score (nSPS) is 16.0. The highest BCUT2D eigenvalue weighted by atomic mass is 79.9. The first-order valence-corrected chi connectivity index (χ1v) is 7.31. The van der Waals surface area contributed by atoms with Crippen LogP contribution in [0.25, 0.3) is 0 Å². The third-order valence-electron chi connectivity index (χ3n) is 3.59. The van der Waals surface area contributed by atoms with Crippen molar-refractivity contribution in [3.63, 3.8) is 0 Å². The lowest BCUT2D eigenvalue weighted by Crippen LogP contribution is -2.42. The van der Waals surface area contributed by atoms with E-state index in [9.17, 15) is 14.7 Å². The van der Waals surface area contributed by atoms with E-state index in [-0.39, 0.29) is 23.5 Å². The molecular formula is C14H17BrN2O3. The Morgan fingerprint density at radius 2 is 2.00 bits per heavy atom. The number of phenolic OH excluding ortho intramolecular Hbond substituents is 1. The van der Waals surface area contributed by atoms with E-state index in [1.807, 2.05) is 0 Å². The number of hydrogen-bond acceptors (Lipinski definition) is 3. The summed E-state index contributed by atoms with van der Waals surface area (Å²) in [6, 6.07) is 4.83. The highest BCUT2D eigenvalue weighted by Gasteiger charge is 2.28. The number of amides is 2. The molecule has 0 bridgehead atoms. The van der Waals surface area contributed by atoms with Gasteiger partial charge in [0, 0.05) is 30.5 Å². The predicted octanol–water partition coefficient (Wildman–Crippen LogP) is 1.75. The van der Waals surface area contributed by atoms with Crippen LogP contribution in [0.2, 0.25) is 0 Å². The third kappa shape index (κ3) is 3.12. The molecule has 0 radical (unpaired) electrons. The summed E-state index contributed by atoms with van der Waals surface area (Å²) >= 11 is 3.24. The molecule has 0 spiro atoms. The van der Waals surface area contributed by atoms with Crippen molar-refractivity contribution in [2.75, 3.05) is 20.1 Å². The standard InChI is InChI=1S/C14H17BrN2O3/c1-16-13(19)9-4-6-17(7-5-9)14(20)11-3-2-10(15)8-12(11)18/h2-3,8-9,18H,4-7H2,1H3,(H,16,19). The zero-order valence-electron chi connectivity index (χ0n) is 11.2.